The molecule has 23 heavy (non-hydrogen) atoms. The average Bonchev–Trinajstić information content (AvgIpc) is 2.34. The first-order valence-corrected chi connectivity index (χ1v) is 8.88. The van der Waals surface area contributed by atoms with Gasteiger partial charge in [-0.25, -0.2) is 8.42 Å². The fraction of sp³-hybridized carbons (Fsp3) is 0.857. The summed E-state index contributed by atoms with van der Waals surface area (Å²) in [6.07, 6.45) is 9.87. The van der Waals surface area contributed by atoms with E-state index in [0.29, 0.717) is 6.42 Å². The number of hydrogen-bond acceptors (Lipinski definition) is 7. The predicted molar refractivity (Wildman–Crippen MR) is 84.1 cm³/mol. The molecule has 0 bridgehead atoms. The van der Waals surface area contributed by atoms with E-state index in [1.54, 1.807) is 0 Å². The van der Waals surface area contributed by atoms with Crippen LogP contribution in [0.5, 0.6) is 0 Å². The molecule has 0 radical (unpaired) electrons. The molecule has 0 unspecified atom stereocenters. The van der Waals surface area contributed by atoms with E-state index in [9.17, 15) is 17.8 Å². The van der Waals surface area contributed by atoms with Gasteiger partial charge in [0.05, 0.1) is 0 Å². The van der Waals surface area contributed by atoms with Crippen molar-refractivity contribution >= 4 is 45.4 Å². The fourth-order valence-corrected chi connectivity index (χ4v) is 2.05. The standard InChI is InChI=1S/C12H24O5S.C2H4O2.Mg/c1-2-3-4-5-6-7-8-9-10-11-12(13)17-18(14,15)16;1-2(3)4;/h2-11H2,1H3,(H,14,15,16);1H3,(H,3,4);/q;;+2/p-2. The summed E-state index contributed by atoms with van der Waals surface area (Å²) in [6.45, 7) is 3.15. The first-order chi connectivity index (χ1) is 10.2. The third-order valence-electron chi connectivity index (χ3n) is 2.68. The van der Waals surface area contributed by atoms with Crippen molar-refractivity contribution in [1.29, 1.82) is 0 Å². The molecule has 0 rings (SSSR count). The molecule has 7 nitrogen and oxygen atoms in total. The van der Waals surface area contributed by atoms with Crippen LogP contribution in [0, 0.1) is 0 Å². The maximum atomic E-state index is 10.9. The second-order valence-corrected chi connectivity index (χ2v) is 5.92. The SMILES string of the molecule is CC(=O)[O-].CCCCCCCCCCCC(=O)OS(=O)(=O)[O-].[Mg+2]. The van der Waals surface area contributed by atoms with Gasteiger partial charge in [-0.05, 0) is 13.3 Å². The zero-order valence-corrected chi connectivity index (χ0v) is 16.3. The smallest absolute Gasteiger partial charge is 0.716 e. The van der Waals surface area contributed by atoms with Crippen LogP contribution in [-0.4, -0.2) is 48.0 Å². The van der Waals surface area contributed by atoms with E-state index in [1.807, 2.05) is 0 Å². The van der Waals surface area contributed by atoms with Crippen LogP contribution >= 0.6 is 0 Å². The zero-order valence-electron chi connectivity index (χ0n) is 14.0. The number of aliphatic carboxylic acids is 1. The zero-order chi connectivity index (χ0) is 17.4. The molecule has 0 aromatic rings. The van der Waals surface area contributed by atoms with Gasteiger partial charge in [0.25, 0.3) is 10.4 Å². The van der Waals surface area contributed by atoms with E-state index in [0.717, 1.165) is 26.2 Å². The minimum absolute atomic E-state index is 0. The third-order valence-corrected chi connectivity index (χ3v) is 3.07. The van der Waals surface area contributed by atoms with Crippen molar-refractivity contribution in [2.45, 2.75) is 78.1 Å². The molecule has 0 spiro atoms. The van der Waals surface area contributed by atoms with E-state index < -0.39 is 22.3 Å². The van der Waals surface area contributed by atoms with Crippen LogP contribution in [0.2, 0.25) is 0 Å². The van der Waals surface area contributed by atoms with Gasteiger partial charge in [0.15, 0.2) is 0 Å². The summed E-state index contributed by atoms with van der Waals surface area (Å²) in [5.74, 6) is -2.03. The predicted octanol–water partition coefficient (Wildman–Crippen LogP) is 1.29. The van der Waals surface area contributed by atoms with Gasteiger partial charge in [-0.3, -0.25) is 4.79 Å². The topological polar surface area (TPSA) is 124 Å². The van der Waals surface area contributed by atoms with Crippen molar-refractivity contribution in [3.63, 3.8) is 0 Å². The number of carbonyl (C=O) groups excluding carboxylic acids is 2. The van der Waals surface area contributed by atoms with Crippen molar-refractivity contribution < 1.29 is 31.8 Å². The molecular weight excluding hydrogens is 337 g/mol. The molecule has 0 fully saturated rings. The quantitative estimate of drug-likeness (QED) is 0.235. The van der Waals surface area contributed by atoms with Crippen molar-refractivity contribution in [2.75, 3.05) is 0 Å². The molecule has 0 amide bonds. The molecule has 0 saturated carbocycles. The Morgan fingerprint density at radius 3 is 1.61 bits per heavy atom. The Hall–Kier alpha value is -0.384. The van der Waals surface area contributed by atoms with Crippen LogP contribution in [0.25, 0.3) is 0 Å². The van der Waals surface area contributed by atoms with E-state index in [2.05, 4.69) is 11.1 Å². The van der Waals surface area contributed by atoms with Crippen LogP contribution < -0.4 is 5.11 Å². The molecule has 0 heterocycles. The van der Waals surface area contributed by atoms with Crippen LogP contribution in [0.1, 0.15) is 78.1 Å². The van der Waals surface area contributed by atoms with Gasteiger partial charge in [-0.1, -0.05) is 58.3 Å². The summed E-state index contributed by atoms with van der Waals surface area (Å²) >= 11 is 0. The molecule has 0 aromatic heterocycles. The van der Waals surface area contributed by atoms with Crippen molar-refractivity contribution in [3.05, 3.63) is 0 Å². The molecule has 0 saturated heterocycles. The number of unbranched alkanes of at least 4 members (excludes halogenated alkanes) is 8. The summed E-state index contributed by atoms with van der Waals surface area (Å²) in [4.78, 5) is 19.8. The molecule has 0 aliphatic heterocycles. The Morgan fingerprint density at radius 1 is 0.913 bits per heavy atom. The van der Waals surface area contributed by atoms with Gasteiger partial charge in [-0.15, -0.1) is 0 Å². The minimum Gasteiger partial charge on any atom is -0.716 e. The molecular formula is C14H26MgO7S. The number of hydrogen-bond donors (Lipinski definition) is 0. The van der Waals surface area contributed by atoms with E-state index >= 15 is 0 Å². The summed E-state index contributed by atoms with van der Waals surface area (Å²) < 4.78 is 34.0. The Labute approximate surface area is 155 Å². The van der Waals surface area contributed by atoms with E-state index in [4.69, 9.17) is 9.90 Å². The van der Waals surface area contributed by atoms with Crippen molar-refractivity contribution in [1.82, 2.24) is 0 Å². The first kappa shape index (κ1) is 27.5. The van der Waals surface area contributed by atoms with E-state index in [1.165, 1.54) is 32.1 Å². The maximum Gasteiger partial charge on any atom is 2.00 e. The van der Waals surface area contributed by atoms with Gasteiger partial charge in [-0.2, -0.15) is 0 Å². The van der Waals surface area contributed by atoms with Crippen LogP contribution in [0.15, 0.2) is 0 Å². The molecule has 0 aliphatic rings. The van der Waals surface area contributed by atoms with Gasteiger partial charge >= 0.3 is 29.0 Å². The van der Waals surface area contributed by atoms with Crippen molar-refractivity contribution in [3.8, 4) is 0 Å². The number of carboxylic acid groups (broad SMARTS) is 1. The van der Waals surface area contributed by atoms with Gasteiger partial charge < -0.3 is 18.6 Å². The second-order valence-electron chi connectivity index (χ2n) is 4.93. The van der Waals surface area contributed by atoms with Crippen molar-refractivity contribution in [2.24, 2.45) is 0 Å². The first-order valence-electron chi connectivity index (χ1n) is 7.54. The molecule has 0 aromatic carbocycles. The number of carboxylic acids is 1. The molecule has 9 heteroatoms. The second kappa shape index (κ2) is 18.0. The summed E-state index contributed by atoms with van der Waals surface area (Å²) in [5.41, 5.74) is 0. The fourth-order valence-electron chi connectivity index (χ4n) is 1.74. The van der Waals surface area contributed by atoms with Gasteiger partial charge in [0.1, 0.15) is 0 Å². The molecule has 132 valence electrons. The normalized spacial score (nSPS) is 10.0. The van der Waals surface area contributed by atoms with Crippen LogP contribution in [0.3, 0.4) is 0 Å². The van der Waals surface area contributed by atoms with E-state index in [-0.39, 0.29) is 29.5 Å². The Balaban J connectivity index is -0.000000712. The van der Waals surface area contributed by atoms with Gasteiger partial charge in [0.2, 0.25) is 0 Å². The number of carbonyl (C=O) groups is 2. The summed E-state index contributed by atoms with van der Waals surface area (Å²) in [6, 6.07) is 0. The van der Waals surface area contributed by atoms with Gasteiger partial charge in [0, 0.05) is 12.4 Å². The average molecular weight is 363 g/mol. The monoisotopic (exact) mass is 362 g/mol. The van der Waals surface area contributed by atoms with Crippen LogP contribution in [-0.2, 0) is 24.2 Å². The maximum absolute atomic E-state index is 10.9. The molecule has 0 atom stereocenters. The summed E-state index contributed by atoms with van der Waals surface area (Å²) in [7, 11) is -4.88. The largest absolute Gasteiger partial charge is 2.00 e. The third kappa shape index (κ3) is 34.1. The minimum atomic E-state index is -4.88. The number of rotatable bonds is 11. The Bertz CT molecular complexity index is 392. The summed E-state index contributed by atoms with van der Waals surface area (Å²) in [5, 5.41) is 8.89. The molecule has 0 N–H and O–H groups in total. The molecule has 0 aliphatic carbocycles. The van der Waals surface area contributed by atoms with Crippen LogP contribution in [0.4, 0.5) is 0 Å². The Kier molecular flexibility index (Phi) is 21.4. The Morgan fingerprint density at radius 2 is 1.26 bits per heavy atom.